The van der Waals surface area contributed by atoms with Gasteiger partial charge in [-0.2, -0.15) is 0 Å². The molecule has 20 heavy (non-hydrogen) atoms. The van der Waals surface area contributed by atoms with Crippen molar-refractivity contribution in [2.75, 3.05) is 11.4 Å². The van der Waals surface area contributed by atoms with Crippen LogP contribution in [0.15, 0.2) is 42.5 Å². The summed E-state index contributed by atoms with van der Waals surface area (Å²) in [6.45, 7) is 2.73. The van der Waals surface area contributed by atoms with Gasteiger partial charge in [-0.15, -0.1) is 0 Å². The quantitative estimate of drug-likeness (QED) is 0.896. The maximum Gasteiger partial charge on any atom is 0.147 e. The fraction of sp³-hybridized carbons (Fsp3) is 0.294. The fourth-order valence-electron chi connectivity index (χ4n) is 2.95. The molecule has 0 saturated heterocycles. The summed E-state index contributed by atoms with van der Waals surface area (Å²) in [5.74, 6) is -0.198. The minimum Gasteiger partial charge on any atom is -0.339 e. The minimum atomic E-state index is -0.198. The number of anilines is 2. The monoisotopic (exact) mass is 270 g/mol. The van der Waals surface area contributed by atoms with Crippen LogP contribution in [0.1, 0.15) is 30.5 Å². The molecule has 1 aliphatic heterocycles. The van der Waals surface area contributed by atoms with Gasteiger partial charge in [0.05, 0.1) is 5.69 Å². The molecule has 0 bridgehead atoms. The summed E-state index contributed by atoms with van der Waals surface area (Å²) in [4.78, 5) is 2.08. The maximum atomic E-state index is 14.4. The van der Waals surface area contributed by atoms with Gasteiger partial charge in [-0.05, 0) is 43.0 Å². The molecule has 3 rings (SSSR count). The molecular weight excluding hydrogens is 251 g/mol. The van der Waals surface area contributed by atoms with E-state index in [9.17, 15) is 4.39 Å². The van der Waals surface area contributed by atoms with Crippen molar-refractivity contribution in [3.63, 3.8) is 0 Å². The Labute approximate surface area is 119 Å². The SMILES string of the molecule is CC(N)c1cccc(F)c1N1CCCc2ccccc21. The van der Waals surface area contributed by atoms with E-state index in [1.165, 1.54) is 11.6 Å². The third kappa shape index (κ3) is 2.18. The Balaban J connectivity index is 2.16. The zero-order valence-corrected chi connectivity index (χ0v) is 11.6. The number of hydrogen-bond donors (Lipinski definition) is 1. The summed E-state index contributed by atoms with van der Waals surface area (Å²) in [5.41, 5.74) is 9.89. The Hall–Kier alpha value is -1.87. The largest absolute Gasteiger partial charge is 0.339 e. The molecule has 0 amide bonds. The predicted molar refractivity (Wildman–Crippen MR) is 80.8 cm³/mol. The Kier molecular flexibility index (Phi) is 3.45. The molecule has 0 saturated carbocycles. The van der Waals surface area contributed by atoms with Crippen molar-refractivity contribution in [1.29, 1.82) is 0 Å². The zero-order valence-electron chi connectivity index (χ0n) is 11.6. The van der Waals surface area contributed by atoms with Crippen LogP contribution in [-0.4, -0.2) is 6.54 Å². The molecule has 2 aromatic carbocycles. The molecule has 2 nitrogen and oxygen atoms in total. The average molecular weight is 270 g/mol. The van der Waals surface area contributed by atoms with Crippen LogP contribution in [0.3, 0.4) is 0 Å². The van der Waals surface area contributed by atoms with Gasteiger partial charge in [0.15, 0.2) is 0 Å². The smallest absolute Gasteiger partial charge is 0.147 e. The van der Waals surface area contributed by atoms with E-state index in [1.807, 2.05) is 25.1 Å². The second kappa shape index (κ2) is 5.25. The van der Waals surface area contributed by atoms with Crippen LogP contribution >= 0.6 is 0 Å². The predicted octanol–water partition coefficient (Wildman–Crippen LogP) is 3.93. The summed E-state index contributed by atoms with van der Waals surface area (Å²) in [6.07, 6.45) is 2.08. The lowest BCUT2D eigenvalue weighted by Crippen LogP contribution is -2.27. The zero-order chi connectivity index (χ0) is 14.1. The molecule has 1 aliphatic rings. The normalized spacial score (nSPS) is 15.8. The van der Waals surface area contributed by atoms with Gasteiger partial charge < -0.3 is 10.6 Å². The van der Waals surface area contributed by atoms with Gasteiger partial charge in [0.25, 0.3) is 0 Å². The van der Waals surface area contributed by atoms with Crippen molar-refractivity contribution in [2.24, 2.45) is 5.73 Å². The second-order valence-electron chi connectivity index (χ2n) is 5.35. The molecule has 1 unspecified atom stereocenters. The van der Waals surface area contributed by atoms with Gasteiger partial charge >= 0.3 is 0 Å². The summed E-state index contributed by atoms with van der Waals surface area (Å²) >= 11 is 0. The summed E-state index contributed by atoms with van der Waals surface area (Å²) < 4.78 is 14.4. The minimum absolute atomic E-state index is 0.185. The molecule has 0 fully saturated rings. The molecule has 0 radical (unpaired) electrons. The first-order chi connectivity index (χ1) is 9.68. The molecular formula is C17H19FN2. The first kappa shape index (κ1) is 13.1. The van der Waals surface area contributed by atoms with E-state index in [1.54, 1.807) is 6.07 Å². The molecule has 2 N–H and O–H groups in total. The highest BCUT2D eigenvalue weighted by atomic mass is 19.1. The van der Waals surface area contributed by atoms with Crippen LogP contribution in [0, 0.1) is 5.82 Å². The number of nitrogens with two attached hydrogens (primary N) is 1. The molecule has 0 spiro atoms. The highest BCUT2D eigenvalue weighted by Crippen LogP contribution is 2.38. The molecule has 2 aromatic rings. The van der Waals surface area contributed by atoms with E-state index in [0.29, 0.717) is 5.69 Å². The lowest BCUT2D eigenvalue weighted by atomic mass is 9.98. The van der Waals surface area contributed by atoms with Crippen molar-refractivity contribution in [2.45, 2.75) is 25.8 Å². The third-order valence-corrected chi connectivity index (χ3v) is 3.89. The van der Waals surface area contributed by atoms with E-state index in [4.69, 9.17) is 5.73 Å². The number of benzene rings is 2. The van der Waals surface area contributed by atoms with E-state index >= 15 is 0 Å². The number of fused-ring (bicyclic) bond motifs is 1. The fourth-order valence-corrected chi connectivity index (χ4v) is 2.95. The van der Waals surface area contributed by atoms with Crippen molar-refractivity contribution in [1.82, 2.24) is 0 Å². The van der Waals surface area contributed by atoms with Crippen LogP contribution in [0.2, 0.25) is 0 Å². The van der Waals surface area contributed by atoms with Crippen LogP contribution in [0.4, 0.5) is 15.8 Å². The van der Waals surface area contributed by atoms with Gasteiger partial charge in [-0.25, -0.2) is 4.39 Å². The number of nitrogens with zero attached hydrogens (tertiary/aromatic N) is 1. The topological polar surface area (TPSA) is 29.3 Å². The molecule has 1 heterocycles. The third-order valence-electron chi connectivity index (χ3n) is 3.89. The average Bonchev–Trinajstić information content (AvgIpc) is 2.46. The molecule has 0 aromatic heterocycles. The van der Waals surface area contributed by atoms with Gasteiger partial charge in [0.1, 0.15) is 5.82 Å². The number of rotatable bonds is 2. The Bertz CT molecular complexity index is 622. The summed E-state index contributed by atoms with van der Waals surface area (Å²) in [5, 5.41) is 0. The van der Waals surface area contributed by atoms with E-state index in [0.717, 1.165) is 30.6 Å². The first-order valence-corrected chi connectivity index (χ1v) is 7.08. The molecule has 1 atom stereocenters. The number of hydrogen-bond acceptors (Lipinski definition) is 2. The summed E-state index contributed by atoms with van der Waals surface area (Å²) in [7, 11) is 0. The molecule has 3 heteroatoms. The Morgan fingerprint density at radius 3 is 2.75 bits per heavy atom. The van der Waals surface area contributed by atoms with Crippen LogP contribution in [0.5, 0.6) is 0 Å². The van der Waals surface area contributed by atoms with Gasteiger partial charge in [0, 0.05) is 18.3 Å². The van der Waals surface area contributed by atoms with E-state index < -0.39 is 0 Å². The number of aryl methyl sites for hydroxylation is 1. The first-order valence-electron chi connectivity index (χ1n) is 7.08. The maximum absolute atomic E-state index is 14.4. The molecule has 0 aliphatic carbocycles. The highest BCUT2D eigenvalue weighted by molar-refractivity contribution is 5.71. The Morgan fingerprint density at radius 2 is 1.95 bits per heavy atom. The van der Waals surface area contributed by atoms with Gasteiger partial charge in [0.2, 0.25) is 0 Å². The van der Waals surface area contributed by atoms with E-state index in [-0.39, 0.29) is 11.9 Å². The van der Waals surface area contributed by atoms with Crippen LogP contribution in [-0.2, 0) is 6.42 Å². The van der Waals surface area contributed by atoms with Crippen LogP contribution < -0.4 is 10.6 Å². The van der Waals surface area contributed by atoms with Gasteiger partial charge in [-0.1, -0.05) is 30.3 Å². The highest BCUT2D eigenvalue weighted by Gasteiger charge is 2.23. The standard InChI is InChI=1S/C17H19FN2/c1-12(19)14-8-4-9-15(18)17(14)20-11-5-7-13-6-2-3-10-16(13)20/h2-4,6,8-10,12H,5,7,11,19H2,1H3. The lowest BCUT2D eigenvalue weighted by Gasteiger charge is -2.33. The number of halogens is 1. The van der Waals surface area contributed by atoms with Crippen molar-refractivity contribution in [3.8, 4) is 0 Å². The van der Waals surface area contributed by atoms with Crippen molar-refractivity contribution in [3.05, 3.63) is 59.4 Å². The van der Waals surface area contributed by atoms with Crippen molar-refractivity contribution < 1.29 is 4.39 Å². The molecule has 104 valence electrons. The lowest BCUT2D eigenvalue weighted by molar-refractivity contribution is 0.614. The summed E-state index contributed by atoms with van der Waals surface area (Å²) in [6, 6.07) is 13.2. The Morgan fingerprint density at radius 1 is 1.15 bits per heavy atom. The van der Waals surface area contributed by atoms with Gasteiger partial charge in [-0.3, -0.25) is 0 Å². The number of para-hydroxylation sites is 2. The second-order valence-corrected chi connectivity index (χ2v) is 5.35. The van der Waals surface area contributed by atoms with Crippen molar-refractivity contribution >= 4 is 11.4 Å². The van der Waals surface area contributed by atoms with Crippen LogP contribution in [0.25, 0.3) is 0 Å². The van der Waals surface area contributed by atoms with E-state index in [2.05, 4.69) is 17.0 Å².